The Morgan fingerprint density at radius 2 is 1.89 bits per heavy atom. The summed E-state index contributed by atoms with van der Waals surface area (Å²) in [5.41, 5.74) is 4.90. The third-order valence-electron chi connectivity index (χ3n) is 2.77. The Morgan fingerprint density at radius 3 is 2.33 bits per heavy atom. The van der Waals surface area contributed by atoms with Crippen LogP contribution in [-0.2, 0) is 19.8 Å². The van der Waals surface area contributed by atoms with Crippen molar-refractivity contribution in [3.8, 4) is 0 Å². The van der Waals surface area contributed by atoms with Crippen molar-refractivity contribution in [3.63, 3.8) is 0 Å². The first kappa shape index (κ1) is 14.9. The Kier molecular flexibility index (Phi) is 5.05. The Balaban J connectivity index is 2.64. The molecule has 1 rings (SSSR count). The summed E-state index contributed by atoms with van der Waals surface area (Å²) in [6.07, 6.45) is 1.18. The van der Waals surface area contributed by atoms with E-state index in [4.69, 9.17) is 5.73 Å². The number of carbonyl (C=O) groups is 2. The van der Waals surface area contributed by atoms with Crippen molar-refractivity contribution in [3.05, 3.63) is 0 Å². The number of hydrogen-bond acceptors (Lipinski definition) is 5. The number of nitrogens with zero attached hydrogens (tertiary/aromatic N) is 1. The van der Waals surface area contributed by atoms with Gasteiger partial charge in [-0.15, -0.1) is 0 Å². The first-order valence-corrected chi connectivity index (χ1v) is 7.17. The van der Waals surface area contributed by atoms with Gasteiger partial charge in [0.2, 0.25) is 5.91 Å². The fraction of sp³-hybridized carbons (Fsp3) is 0.778. The number of aliphatic carboxylic acids is 1. The van der Waals surface area contributed by atoms with Crippen LogP contribution in [0.1, 0.15) is 25.7 Å². The number of nitrogens with two attached hydrogens (primary N) is 2. The molecule has 1 atom stereocenters. The predicted octanol–water partition coefficient (Wildman–Crippen LogP) is -3.73. The summed E-state index contributed by atoms with van der Waals surface area (Å²) in [7, 11) is -3.72. The summed E-state index contributed by atoms with van der Waals surface area (Å²) >= 11 is 0. The zero-order chi connectivity index (χ0) is 13.8. The monoisotopic (exact) mass is 279 g/mol. The van der Waals surface area contributed by atoms with Gasteiger partial charge in [-0.05, 0) is 12.8 Å². The molecule has 0 aromatic rings. The van der Waals surface area contributed by atoms with Gasteiger partial charge in [-0.25, -0.2) is 4.72 Å². The molecule has 8 nitrogen and oxygen atoms in total. The summed E-state index contributed by atoms with van der Waals surface area (Å²) in [5, 5.41) is 10.8. The van der Waals surface area contributed by atoms with E-state index < -0.39 is 28.1 Å². The molecule has 18 heavy (non-hydrogen) atoms. The van der Waals surface area contributed by atoms with E-state index in [-0.39, 0.29) is 12.8 Å². The highest BCUT2D eigenvalue weighted by atomic mass is 32.2. The highest BCUT2D eigenvalue weighted by Gasteiger charge is 2.31. The lowest BCUT2D eigenvalue weighted by molar-refractivity contribution is -0.544. The average Bonchev–Trinajstić information content (AvgIpc) is 2.77. The standard InChI is InChI=1S/C9H17N3O5S/c10-8(13)4-3-7(9(14)15)11-18(16,17)12-5-1-2-6-12/h7,11H,1-6H2,(H2,10,13)(H,14,15)/t7-/m0/s1. The molecule has 1 amide bonds. The van der Waals surface area contributed by atoms with Crippen molar-refractivity contribution in [1.82, 2.24) is 4.31 Å². The van der Waals surface area contributed by atoms with Crippen LogP contribution in [0.25, 0.3) is 0 Å². The number of amides is 1. The van der Waals surface area contributed by atoms with Crippen molar-refractivity contribution in [2.24, 2.45) is 5.73 Å². The van der Waals surface area contributed by atoms with E-state index in [9.17, 15) is 23.1 Å². The number of carboxylic acid groups (broad SMARTS) is 1. The summed E-state index contributed by atoms with van der Waals surface area (Å²) < 4.78 is 25.7. The smallest absolute Gasteiger partial charge is 0.369 e. The van der Waals surface area contributed by atoms with Crippen LogP contribution in [0.3, 0.4) is 0 Å². The van der Waals surface area contributed by atoms with Crippen LogP contribution in [-0.4, -0.2) is 43.7 Å². The summed E-state index contributed by atoms with van der Waals surface area (Å²) in [5.74, 6) is -2.19. The van der Waals surface area contributed by atoms with E-state index in [0.717, 1.165) is 17.6 Å². The SMILES string of the molecule is NC(=O)CC[C@H]([NH2+]S(=O)(=O)N1CCCC1)C(=O)[O-]. The molecule has 4 N–H and O–H groups in total. The third kappa shape index (κ3) is 4.24. The van der Waals surface area contributed by atoms with Crippen LogP contribution in [0.2, 0.25) is 0 Å². The summed E-state index contributed by atoms with van der Waals surface area (Å²) in [4.78, 5) is 21.4. The number of primary amides is 1. The molecule has 0 aromatic heterocycles. The highest BCUT2D eigenvalue weighted by Crippen LogP contribution is 2.09. The lowest BCUT2D eigenvalue weighted by Gasteiger charge is -2.19. The van der Waals surface area contributed by atoms with Crippen LogP contribution < -0.4 is 15.6 Å². The average molecular weight is 279 g/mol. The Hall–Kier alpha value is -1.19. The third-order valence-corrected chi connectivity index (χ3v) is 4.52. The van der Waals surface area contributed by atoms with Gasteiger partial charge < -0.3 is 15.6 Å². The zero-order valence-corrected chi connectivity index (χ0v) is 10.7. The minimum Gasteiger partial charge on any atom is -0.544 e. The molecule has 0 unspecified atom stereocenters. The molecular weight excluding hydrogens is 262 g/mol. The van der Waals surface area contributed by atoms with Crippen molar-refractivity contribution in [2.45, 2.75) is 31.7 Å². The van der Waals surface area contributed by atoms with Crippen molar-refractivity contribution in [1.29, 1.82) is 0 Å². The number of carbonyl (C=O) groups excluding carboxylic acids is 2. The maximum absolute atomic E-state index is 11.9. The van der Waals surface area contributed by atoms with Gasteiger partial charge in [0.25, 0.3) is 0 Å². The molecule has 0 radical (unpaired) electrons. The maximum atomic E-state index is 11.9. The highest BCUT2D eigenvalue weighted by molar-refractivity contribution is 7.82. The van der Waals surface area contributed by atoms with Crippen LogP contribution >= 0.6 is 0 Å². The van der Waals surface area contributed by atoms with Crippen LogP contribution in [0, 0.1) is 0 Å². The Labute approximate surface area is 105 Å². The minimum absolute atomic E-state index is 0.162. The summed E-state index contributed by atoms with van der Waals surface area (Å²) in [6, 6.07) is -1.32. The number of rotatable bonds is 7. The van der Waals surface area contributed by atoms with Gasteiger partial charge in [-0.2, -0.15) is 12.7 Å². The first-order chi connectivity index (χ1) is 8.33. The van der Waals surface area contributed by atoms with E-state index in [1.807, 2.05) is 0 Å². The minimum atomic E-state index is -3.72. The van der Waals surface area contributed by atoms with Crippen LogP contribution in [0.5, 0.6) is 0 Å². The molecule has 0 aromatic carbocycles. The number of quaternary nitrogens is 1. The summed E-state index contributed by atoms with van der Waals surface area (Å²) in [6.45, 7) is 0.794. The lowest BCUT2D eigenvalue weighted by Crippen LogP contribution is -2.97. The second kappa shape index (κ2) is 6.12. The van der Waals surface area contributed by atoms with Gasteiger partial charge in [0.05, 0.1) is 0 Å². The van der Waals surface area contributed by atoms with Crippen LogP contribution in [0.15, 0.2) is 0 Å². The molecule has 9 heteroatoms. The van der Waals surface area contributed by atoms with E-state index >= 15 is 0 Å². The molecule has 104 valence electrons. The normalized spacial score (nSPS) is 18.7. The van der Waals surface area contributed by atoms with Crippen molar-refractivity contribution in [2.75, 3.05) is 13.1 Å². The molecule has 0 bridgehead atoms. The van der Waals surface area contributed by atoms with Gasteiger partial charge in [-0.1, -0.05) is 0 Å². The molecule has 0 saturated carbocycles. The fourth-order valence-electron chi connectivity index (χ4n) is 1.78. The number of hydrogen-bond donors (Lipinski definition) is 2. The molecular formula is C9H17N3O5S. The van der Waals surface area contributed by atoms with Crippen molar-refractivity contribution >= 4 is 22.1 Å². The van der Waals surface area contributed by atoms with Gasteiger partial charge in [-0.3, -0.25) is 4.79 Å². The van der Waals surface area contributed by atoms with Crippen LogP contribution in [0.4, 0.5) is 0 Å². The van der Waals surface area contributed by atoms with E-state index in [0.29, 0.717) is 13.1 Å². The van der Waals surface area contributed by atoms with Gasteiger partial charge in [0.1, 0.15) is 12.0 Å². The first-order valence-electron chi connectivity index (χ1n) is 5.67. The van der Waals surface area contributed by atoms with Gasteiger partial charge in [0, 0.05) is 25.9 Å². The molecule has 0 aliphatic carbocycles. The quantitative estimate of drug-likeness (QED) is 0.493. The largest absolute Gasteiger partial charge is 0.544 e. The maximum Gasteiger partial charge on any atom is 0.369 e. The molecule has 1 aliphatic heterocycles. The lowest BCUT2D eigenvalue weighted by atomic mass is 10.2. The second-order valence-electron chi connectivity index (χ2n) is 4.22. The zero-order valence-electron chi connectivity index (χ0n) is 9.87. The number of carboxylic acids is 1. The molecule has 0 spiro atoms. The predicted molar refractivity (Wildman–Crippen MR) is 58.9 cm³/mol. The van der Waals surface area contributed by atoms with E-state index in [1.54, 1.807) is 0 Å². The van der Waals surface area contributed by atoms with Crippen molar-refractivity contribution < 1.29 is 27.8 Å². The second-order valence-corrected chi connectivity index (χ2v) is 6.04. The molecule has 1 heterocycles. The Morgan fingerprint density at radius 1 is 1.33 bits per heavy atom. The van der Waals surface area contributed by atoms with Gasteiger partial charge >= 0.3 is 10.2 Å². The fourth-order valence-corrected chi connectivity index (χ4v) is 3.38. The Bertz CT molecular complexity index is 416. The molecule has 1 aliphatic rings. The molecule has 1 fully saturated rings. The van der Waals surface area contributed by atoms with E-state index in [2.05, 4.69) is 0 Å². The topological polar surface area (TPSA) is 137 Å². The molecule has 1 saturated heterocycles. The van der Waals surface area contributed by atoms with Gasteiger partial charge in [0.15, 0.2) is 0 Å². The van der Waals surface area contributed by atoms with E-state index in [1.165, 1.54) is 4.31 Å².